The van der Waals surface area contributed by atoms with Crippen molar-refractivity contribution in [2.24, 2.45) is 0 Å². The van der Waals surface area contributed by atoms with Gasteiger partial charge in [0.2, 0.25) is 5.89 Å². The summed E-state index contributed by atoms with van der Waals surface area (Å²) >= 11 is 0. The van der Waals surface area contributed by atoms with Crippen molar-refractivity contribution in [1.29, 1.82) is 0 Å². The Morgan fingerprint density at radius 1 is 1.14 bits per heavy atom. The maximum atomic E-state index is 5.62. The molecule has 0 unspecified atom stereocenters. The predicted molar refractivity (Wildman–Crippen MR) is 84.7 cm³/mol. The first kappa shape index (κ1) is 15.5. The van der Waals surface area contributed by atoms with Crippen LogP contribution in [0.5, 0.6) is 0 Å². The van der Waals surface area contributed by atoms with E-state index in [0.29, 0.717) is 24.4 Å². The maximum absolute atomic E-state index is 5.62. The van der Waals surface area contributed by atoms with E-state index in [1.54, 1.807) is 0 Å². The van der Waals surface area contributed by atoms with Gasteiger partial charge in [-0.2, -0.15) is 0 Å². The Morgan fingerprint density at radius 2 is 1.86 bits per heavy atom. The minimum Gasteiger partial charge on any atom is -0.406 e. The monoisotopic (exact) mass is 288 g/mol. The van der Waals surface area contributed by atoms with Gasteiger partial charge in [0.05, 0.1) is 6.54 Å². The van der Waals surface area contributed by atoms with Gasteiger partial charge < -0.3 is 15.1 Å². The summed E-state index contributed by atoms with van der Waals surface area (Å²) < 4.78 is 5.62. The van der Waals surface area contributed by atoms with Crippen molar-refractivity contribution in [3.63, 3.8) is 0 Å². The molecule has 5 nitrogen and oxygen atoms in total. The maximum Gasteiger partial charge on any atom is 0.320 e. The second-order valence-corrected chi connectivity index (χ2v) is 6.47. The third-order valence-corrected chi connectivity index (χ3v) is 3.06. The largest absolute Gasteiger partial charge is 0.406 e. The van der Waals surface area contributed by atoms with Gasteiger partial charge in [-0.15, -0.1) is 5.10 Å². The van der Waals surface area contributed by atoms with Crippen molar-refractivity contribution in [2.45, 2.75) is 52.6 Å². The van der Waals surface area contributed by atoms with E-state index >= 15 is 0 Å². The number of nitrogens with one attached hydrogen (secondary N) is 2. The number of hydrogen-bond acceptors (Lipinski definition) is 5. The lowest BCUT2D eigenvalue weighted by Crippen LogP contribution is -2.35. The molecule has 1 heterocycles. The van der Waals surface area contributed by atoms with E-state index < -0.39 is 0 Å². The Kier molecular flexibility index (Phi) is 4.63. The van der Waals surface area contributed by atoms with E-state index in [1.807, 2.05) is 18.2 Å². The van der Waals surface area contributed by atoms with Gasteiger partial charge in [-0.1, -0.05) is 37.1 Å². The Balaban J connectivity index is 2.06. The Labute approximate surface area is 126 Å². The van der Waals surface area contributed by atoms with Crippen molar-refractivity contribution in [3.8, 4) is 0 Å². The zero-order chi connectivity index (χ0) is 15.5. The molecule has 0 spiro atoms. The molecular weight excluding hydrogens is 264 g/mol. The summed E-state index contributed by atoms with van der Waals surface area (Å²) in [7, 11) is 0. The average molecular weight is 288 g/mol. The van der Waals surface area contributed by atoms with Crippen LogP contribution in [0.25, 0.3) is 0 Å². The summed E-state index contributed by atoms with van der Waals surface area (Å²) in [6, 6.07) is 8.58. The molecule has 21 heavy (non-hydrogen) atoms. The Hall–Kier alpha value is -1.88. The quantitative estimate of drug-likeness (QED) is 0.875. The van der Waals surface area contributed by atoms with E-state index in [9.17, 15) is 0 Å². The molecule has 0 fully saturated rings. The summed E-state index contributed by atoms with van der Waals surface area (Å²) in [4.78, 5) is 0. The first-order chi connectivity index (χ1) is 9.85. The highest BCUT2D eigenvalue weighted by Crippen LogP contribution is 2.26. The van der Waals surface area contributed by atoms with E-state index in [-0.39, 0.29) is 5.54 Å². The third-order valence-electron chi connectivity index (χ3n) is 3.06. The zero-order valence-electron chi connectivity index (χ0n) is 13.4. The van der Waals surface area contributed by atoms with Crippen LogP contribution in [-0.2, 0) is 6.54 Å². The Bertz CT molecular complexity index is 584. The fourth-order valence-electron chi connectivity index (χ4n) is 1.95. The molecule has 0 bridgehead atoms. The van der Waals surface area contributed by atoms with Crippen molar-refractivity contribution in [3.05, 3.63) is 35.7 Å². The topological polar surface area (TPSA) is 63.0 Å². The molecule has 2 aromatic rings. The zero-order valence-corrected chi connectivity index (χ0v) is 13.4. The third kappa shape index (κ3) is 4.56. The summed E-state index contributed by atoms with van der Waals surface area (Å²) in [5.74, 6) is 1.01. The highest BCUT2D eigenvalue weighted by Gasteiger charge is 2.13. The molecule has 5 heteroatoms. The smallest absolute Gasteiger partial charge is 0.320 e. The summed E-state index contributed by atoms with van der Waals surface area (Å²) in [6.07, 6.45) is 0. The van der Waals surface area contributed by atoms with Gasteiger partial charge in [-0.05, 0) is 38.3 Å². The number of para-hydroxylation sites is 1. The van der Waals surface area contributed by atoms with Crippen LogP contribution < -0.4 is 10.6 Å². The standard InChI is InChI=1S/C16H24N4O/c1-11(2)12-8-6-7-9-13(12)18-15-20-19-14(21-15)10-17-16(3,4)5/h6-9,11,17H,10H2,1-5H3,(H,18,20). The van der Waals surface area contributed by atoms with Crippen LogP contribution >= 0.6 is 0 Å². The minimum absolute atomic E-state index is 0.0201. The SMILES string of the molecule is CC(C)c1ccccc1Nc1nnc(CNC(C)(C)C)o1. The molecule has 0 aliphatic carbocycles. The van der Waals surface area contributed by atoms with Crippen molar-refractivity contribution < 1.29 is 4.42 Å². The minimum atomic E-state index is 0.0201. The molecular formula is C16H24N4O. The second kappa shape index (κ2) is 6.26. The van der Waals surface area contributed by atoms with E-state index in [1.165, 1.54) is 5.56 Å². The molecule has 0 aliphatic heterocycles. The first-order valence-corrected chi connectivity index (χ1v) is 7.28. The molecule has 1 aromatic heterocycles. The highest BCUT2D eigenvalue weighted by molar-refractivity contribution is 5.58. The summed E-state index contributed by atoms with van der Waals surface area (Å²) in [5.41, 5.74) is 2.25. The molecule has 0 amide bonds. The fraction of sp³-hybridized carbons (Fsp3) is 0.500. The van der Waals surface area contributed by atoms with Gasteiger partial charge in [0.25, 0.3) is 0 Å². The normalized spacial score (nSPS) is 11.9. The first-order valence-electron chi connectivity index (χ1n) is 7.28. The number of hydrogen-bond donors (Lipinski definition) is 2. The molecule has 0 atom stereocenters. The number of nitrogens with zero attached hydrogens (tertiary/aromatic N) is 2. The van der Waals surface area contributed by atoms with Gasteiger partial charge in [0.15, 0.2) is 0 Å². The fourth-order valence-corrected chi connectivity index (χ4v) is 1.95. The summed E-state index contributed by atoms with van der Waals surface area (Å²) in [6.45, 7) is 11.2. The molecule has 0 saturated carbocycles. The lowest BCUT2D eigenvalue weighted by Gasteiger charge is -2.18. The lowest BCUT2D eigenvalue weighted by molar-refractivity contribution is 0.384. The Morgan fingerprint density at radius 3 is 2.52 bits per heavy atom. The second-order valence-electron chi connectivity index (χ2n) is 6.47. The predicted octanol–water partition coefficient (Wildman–Crippen LogP) is 3.82. The van der Waals surface area contributed by atoms with Gasteiger partial charge in [-0.25, -0.2) is 0 Å². The van der Waals surface area contributed by atoms with Gasteiger partial charge in [0, 0.05) is 11.2 Å². The molecule has 114 valence electrons. The van der Waals surface area contributed by atoms with Crippen LogP contribution in [0.1, 0.15) is 52.0 Å². The van der Waals surface area contributed by atoms with Crippen molar-refractivity contribution in [1.82, 2.24) is 15.5 Å². The van der Waals surface area contributed by atoms with Crippen molar-refractivity contribution in [2.75, 3.05) is 5.32 Å². The van der Waals surface area contributed by atoms with Crippen LogP contribution in [-0.4, -0.2) is 15.7 Å². The number of benzene rings is 1. The van der Waals surface area contributed by atoms with Crippen molar-refractivity contribution >= 4 is 11.7 Å². The van der Waals surface area contributed by atoms with Gasteiger partial charge in [-0.3, -0.25) is 0 Å². The summed E-state index contributed by atoms with van der Waals surface area (Å²) in [5, 5.41) is 14.6. The van der Waals surface area contributed by atoms with Gasteiger partial charge >= 0.3 is 6.01 Å². The molecule has 2 rings (SSSR count). The lowest BCUT2D eigenvalue weighted by atomic mass is 10.0. The molecule has 0 aliphatic rings. The number of rotatable bonds is 5. The molecule has 1 aromatic carbocycles. The van der Waals surface area contributed by atoms with Gasteiger partial charge in [0.1, 0.15) is 0 Å². The number of aromatic nitrogens is 2. The van der Waals surface area contributed by atoms with E-state index in [4.69, 9.17) is 4.42 Å². The molecule has 0 radical (unpaired) electrons. The molecule has 0 saturated heterocycles. The van der Waals surface area contributed by atoms with E-state index in [0.717, 1.165) is 5.69 Å². The van der Waals surface area contributed by atoms with Crippen LogP contribution in [0.15, 0.2) is 28.7 Å². The average Bonchev–Trinajstić information content (AvgIpc) is 2.84. The van der Waals surface area contributed by atoms with Crippen LogP contribution in [0.3, 0.4) is 0 Å². The van der Waals surface area contributed by atoms with Crippen LogP contribution in [0, 0.1) is 0 Å². The highest BCUT2D eigenvalue weighted by atomic mass is 16.4. The number of anilines is 2. The van der Waals surface area contributed by atoms with E-state index in [2.05, 4.69) is 61.5 Å². The molecule has 2 N–H and O–H groups in total. The van der Waals surface area contributed by atoms with Crippen LogP contribution in [0.2, 0.25) is 0 Å². The van der Waals surface area contributed by atoms with Crippen LogP contribution in [0.4, 0.5) is 11.7 Å².